The zero-order chi connectivity index (χ0) is 28.8. The Morgan fingerprint density at radius 3 is 2.42 bits per heavy atom. The van der Waals surface area contributed by atoms with Crippen LogP contribution < -0.4 is 9.47 Å². The highest BCUT2D eigenvalue weighted by molar-refractivity contribution is 6.46. The summed E-state index contributed by atoms with van der Waals surface area (Å²) >= 11 is 0. The van der Waals surface area contributed by atoms with Crippen LogP contribution in [-0.2, 0) is 16.2 Å². The van der Waals surface area contributed by atoms with E-state index in [2.05, 4.69) is 0 Å². The molecule has 0 radical (unpaired) electrons. The summed E-state index contributed by atoms with van der Waals surface area (Å²) in [4.78, 5) is 30.2. The number of aromatic hydroxyl groups is 1. The molecule has 0 saturated carbocycles. The van der Waals surface area contributed by atoms with Crippen LogP contribution in [0.4, 0.5) is 0 Å². The number of phenols is 1. The maximum Gasteiger partial charge on any atom is 0.295 e. The Kier molecular flexibility index (Phi) is 9.11. The van der Waals surface area contributed by atoms with Crippen LogP contribution in [0.5, 0.6) is 17.2 Å². The molecule has 1 aliphatic rings. The molecule has 1 heterocycles. The molecule has 40 heavy (non-hydrogen) atoms. The maximum absolute atomic E-state index is 13.4. The van der Waals surface area contributed by atoms with Crippen LogP contribution >= 0.6 is 0 Å². The van der Waals surface area contributed by atoms with E-state index in [1.165, 1.54) is 11.0 Å². The van der Waals surface area contributed by atoms with Gasteiger partial charge in [-0.1, -0.05) is 36.4 Å². The van der Waals surface area contributed by atoms with E-state index >= 15 is 0 Å². The van der Waals surface area contributed by atoms with Crippen LogP contribution in [0.1, 0.15) is 41.6 Å². The lowest BCUT2D eigenvalue weighted by molar-refractivity contribution is -0.139. The van der Waals surface area contributed by atoms with Crippen molar-refractivity contribution < 1.29 is 29.3 Å². The number of aryl methyl sites for hydroxylation is 1. The van der Waals surface area contributed by atoms with E-state index in [-0.39, 0.29) is 22.8 Å². The van der Waals surface area contributed by atoms with Crippen molar-refractivity contribution in [2.45, 2.75) is 32.9 Å². The molecule has 1 aliphatic heterocycles. The Labute approximate surface area is 235 Å². The SMILES string of the molecule is CCOc1cc([C@H]2C(=C(O)c3ccc(OCc4ccccc4)cc3C)C(=O)C(=O)N2CCCN(C)C)ccc1O. The monoisotopic (exact) mass is 544 g/mol. The first-order valence-electron chi connectivity index (χ1n) is 13.4. The van der Waals surface area contributed by atoms with E-state index in [1.54, 1.807) is 37.3 Å². The van der Waals surface area contributed by atoms with Crippen LogP contribution in [0, 0.1) is 6.92 Å². The van der Waals surface area contributed by atoms with E-state index in [4.69, 9.17) is 9.47 Å². The van der Waals surface area contributed by atoms with E-state index < -0.39 is 17.7 Å². The first-order chi connectivity index (χ1) is 19.2. The summed E-state index contributed by atoms with van der Waals surface area (Å²) in [5, 5.41) is 21.8. The van der Waals surface area contributed by atoms with Crippen molar-refractivity contribution in [1.29, 1.82) is 0 Å². The smallest absolute Gasteiger partial charge is 0.295 e. The van der Waals surface area contributed by atoms with Crippen molar-refractivity contribution in [3.8, 4) is 17.2 Å². The summed E-state index contributed by atoms with van der Waals surface area (Å²) in [5.74, 6) is -0.846. The minimum atomic E-state index is -0.838. The summed E-state index contributed by atoms with van der Waals surface area (Å²) < 4.78 is 11.5. The normalized spacial score (nSPS) is 16.5. The molecule has 2 N–H and O–H groups in total. The molecule has 1 atom stereocenters. The Balaban J connectivity index is 1.72. The number of aliphatic hydroxyl groups is 1. The molecule has 0 unspecified atom stereocenters. The highest BCUT2D eigenvalue weighted by Crippen LogP contribution is 2.42. The van der Waals surface area contributed by atoms with Crippen LogP contribution in [0.3, 0.4) is 0 Å². The molecular formula is C32H36N2O6. The highest BCUT2D eigenvalue weighted by atomic mass is 16.5. The predicted molar refractivity (Wildman–Crippen MR) is 153 cm³/mol. The molecule has 1 amide bonds. The van der Waals surface area contributed by atoms with Gasteiger partial charge in [0.2, 0.25) is 0 Å². The average Bonchev–Trinajstić information content (AvgIpc) is 3.18. The van der Waals surface area contributed by atoms with Gasteiger partial charge in [-0.2, -0.15) is 0 Å². The molecule has 8 heteroatoms. The molecule has 8 nitrogen and oxygen atoms in total. The van der Waals surface area contributed by atoms with Crippen molar-refractivity contribution >= 4 is 17.4 Å². The third-order valence-electron chi connectivity index (χ3n) is 6.85. The van der Waals surface area contributed by atoms with Gasteiger partial charge in [0.25, 0.3) is 11.7 Å². The van der Waals surface area contributed by atoms with E-state index in [9.17, 15) is 19.8 Å². The van der Waals surface area contributed by atoms with Crippen LogP contribution in [0.15, 0.2) is 72.3 Å². The molecule has 3 aromatic carbocycles. The number of rotatable bonds is 11. The molecule has 1 fully saturated rings. The van der Waals surface area contributed by atoms with Gasteiger partial charge in [0, 0.05) is 12.1 Å². The Bertz CT molecular complexity index is 1400. The van der Waals surface area contributed by atoms with Crippen LogP contribution in [0.25, 0.3) is 5.76 Å². The van der Waals surface area contributed by atoms with Gasteiger partial charge in [-0.05, 0) is 87.9 Å². The summed E-state index contributed by atoms with van der Waals surface area (Å²) in [6.07, 6.45) is 0.638. The topological polar surface area (TPSA) is 99.5 Å². The fourth-order valence-corrected chi connectivity index (χ4v) is 4.86. The predicted octanol–water partition coefficient (Wildman–Crippen LogP) is 5.05. The molecule has 4 rings (SSSR count). The van der Waals surface area contributed by atoms with Crippen molar-refractivity contribution in [1.82, 2.24) is 9.80 Å². The fraction of sp³-hybridized carbons (Fsp3) is 0.312. The minimum absolute atomic E-state index is 0.00375. The first kappa shape index (κ1) is 28.7. The number of ether oxygens (including phenoxy) is 2. The van der Waals surface area contributed by atoms with Gasteiger partial charge in [-0.3, -0.25) is 9.59 Å². The summed E-state index contributed by atoms with van der Waals surface area (Å²) in [5.41, 5.74) is 2.73. The number of phenolic OH excluding ortho intramolecular Hbond substituents is 1. The number of nitrogens with zero attached hydrogens (tertiary/aromatic N) is 2. The zero-order valence-electron chi connectivity index (χ0n) is 23.4. The number of hydrogen-bond acceptors (Lipinski definition) is 7. The van der Waals surface area contributed by atoms with E-state index in [0.29, 0.717) is 48.6 Å². The van der Waals surface area contributed by atoms with Crippen molar-refractivity contribution in [3.63, 3.8) is 0 Å². The van der Waals surface area contributed by atoms with Gasteiger partial charge < -0.3 is 29.5 Å². The van der Waals surface area contributed by atoms with Crippen LogP contribution in [-0.4, -0.2) is 65.5 Å². The number of carbonyl (C=O) groups excluding carboxylic acids is 2. The molecule has 3 aromatic rings. The van der Waals surface area contributed by atoms with Crippen molar-refractivity contribution in [3.05, 3.63) is 94.6 Å². The Hall–Kier alpha value is -4.30. The van der Waals surface area contributed by atoms with Crippen LogP contribution in [0.2, 0.25) is 0 Å². The minimum Gasteiger partial charge on any atom is -0.507 e. The number of aliphatic hydroxyl groups excluding tert-OH is 1. The molecule has 0 aliphatic carbocycles. The molecule has 0 aromatic heterocycles. The average molecular weight is 545 g/mol. The number of hydrogen-bond donors (Lipinski definition) is 2. The van der Waals surface area contributed by atoms with Crippen molar-refractivity contribution in [2.75, 3.05) is 33.8 Å². The van der Waals surface area contributed by atoms with Gasteiger partial charge in [0.15, 0.2) is 11.5 Å². The Morgan fingerprint density at radius 2 is 1.75 bits per heavy atom. The summed E-state index contributed by atoms with van der Waals surface area (Å²) in [6, 6.07) is 18.9. The molecular weight excluding hydrogens is 508 g/mol. The number of likely N-dealkylation sites (tertiary alicyclic amines) is 1. The maximum atomic E-state index is 13.4. The van der Waals surface area contributed by atoms with Gasteiger partial charge >= 0.3 is 0 Å². The number of Topliss-reactive ketones (excluding diaryl/α,β-unsaturated/α-hetero) is 1. The second-order valence-electron chi connectivity index (χ2n) is 10.1. The quantitative estimate of drug-likeness (QED) is 0.198. The fourth-order valence-electron chi connectivity index (χ4n) is 4.86. The standard InChI is InChI=1S/C32H36N2O6/c1-5-39-27-19-23(12-15-26(27)35)29-28(31(37)32(38)34(29)17-9-16-33(3)4)30(36)25-14-13-24(18-21(25)2)40-20-22-10-7-6-8-11-22/h6-8,10-15,18-19,29,35-36H,5,9,16-17,20H2,1-4H3/t29-/m0/s1. The molecule has 210 valence electrons. The molecule has 1 saturated heterocycles. The van der Waals surface area contributed by atoms with Gasteiger partial charge in [-0.15, -0.1) is 0 Å². The lowest BCUT2D eigenvalue weighted by atomic mass is 9.93. The van der Waals surface area contributed by atoms with E-state index in [0.717, 1.165) is 12.1 Å². The van der Waals surface area contributed by atoms with Gasteiger partial charge in [-0.25, -0.2) is 0 Å². The number of ketones is 1. The lowest BCUT2D eigenvalue weighted by Gasteiger charge is -2.26. The third-order valence-corrected chi connectivity index (χ3v) is 6.85. The van der Waals surface area contributed by atoms with Gasteiger partial charge in [0.05, 0.1) is 18.2 Å². The largest absolute Gasteiger partial charge is 0.507 e. The summed E-state index contributed by atoms with van der Waals surface area (Å²) in [6.45, 7) is 5.39. The van der Waals surface area contributed by atoms with Crippen molar-refractivity contribution in [2.24, 2.45) is 0 Å². The zero-order valence-corrected chi connectivity index (χ0v) is 23.4. The second-order valence-corrected chi connectivity index (χ2v) is 10.1. The number of benzene rings is 3. The first-order valence-corrected chi connectivity index (χ1v) is 13.4. The van der Waals surface area contributed by atoms with E-state index in [1.807, 2.05) is 56.3 Å². The molecule has 0 bridgehead atoms. The highest BCUT2D eigenvalue weighted by Gasteiger charge is 2.46. The Morgan fingerprint density at radius 1 is 1.00 bits per heavy atom. The third kappa shape index (κ3) is 6.29. The summed E-state index contributed by atoms with van der Waals surface area (Å²) in [7, 11) is 3.88. The lowest BCUT2D eigenvalue weighted by Crippen LogP contribution is -2.32. The number of amides is 1. The molecule has 0 spiro atoms. The van der Waals surface area contributed by atoms with Gasteiger partial charge in [0.1, 0.15) is 18.1 Å². The number of carbonyl (C=O) groups is 2. The second kappa shape index (κ2) is 12.7.